The summed E-state index contributed by atoms with van der Waals surface area (Å²) >= 11 is 6.57. The van der Waals surface area contributed by atoms with Crippen LogP contribution in [0.25, 0.3) is 22.0 Å². The predicted octanol–water partition coefficient (Wildman–Crippen LogP) is 7.29. The first-order chi connectivity index (χ1) is 23.3. The summed E-state index contributed by atoms with van der Waals surface area (Å²) in [5.74, 6) is 0.989. The van der Waals surface area contributed by atoms with Gasteiger partial charge >= 0.3 is 5.97 Å². The van der Waals surface area contributed by atoms with E-state index in [4.69, 9.17) is 40.0 Å². The normalized spacial score (nSPS) is 11.0. The maximum atomic E-state index is 13.5. The average Bonchev–Trinajstić information content (AvgIpc) is 3.47. The number of fused-ring (bicyclic) bond motifs is 1. The number of nitrogens with one attached hydrogen (secondary N) is 2. The van der Waals surface area contributed by atoms with Crippen LogP contribution in [0.3, 0.4) is 0 Å². The molecule has 0 saturated heterocycles. The second-order valence-electron chi connectivity index (χ2n) is 10.1. The molecule has 5 aromatic rings. The number of carbonyl (C=O) groups is 2. The highest BCUT2D eigenvalue weighted by molar-refractivity contribution is 6.34. The van der Waals surface area contributed by atoms with Crippen molar-refractivity contribution in [2.24, 2.45) is 5.10 Å². The molecule has 0 aliphatic rings. The summed E-state index contributed by atoms with van der Waals surface area (Å²) in [6, 6.07) is 20.7. The van der Waals surface area contributed by atoms with E-state index >= 15 is 0 Å². The number of H-pyrrole nitrogens is 1. The quantitative estimate of drug-likeness (QED) is 0.0578. The first-order valence-corrected chi connectivity index (χ1v) is 15.3. The van der Waals surface area contributed by atoms with Gasteiger partial charge in [0, 0.05) is 27.1 Å². The number of esters is 1. The third-order valence-corrected chi connectivity index (χ3v) is 7.53. The van der Waals surface area contributed by atoms with Crippen LogP contribution in [0.4, 0.5) is 0 Å². The molecular weight excluding hydrogens is 638 g/mol. The summed E-state index contributed by atoms with van der Waals surface area (Å²) in [5.41, 5.74) is 5.69. The van der Waals surface area contributed by atoms with Crippen molar-refractivity contribution in [2.75, 3.05) is 34.5 Å². The van der Waals surface area contributed by atoms with E-state index < -0.39 is 11.9 Å². The second kappa shape index (κ2) is 15.3. The van der Waals surface area contributed by atoms with Gasteiger partial charge in [-0.25, -0.2) is 10.2 Å². The number of ether oxygens (including phenoxy) is 6. The summed E-state index contributed by atoms with van der Waals surface area (Å²) in [5, 5.41) is 5.45. The molecule has 0 fully saturated rings. The number of hydrazone groups is 1. The average molecular weight is 672 g/mol. The summed E-state index contributed by atoms with van der Waals surface area (Å²) in [6.45, 7) is 4.52. The van der Waals surface area contributed by atoms with E-state index in [2.05, 4.69) is 15.5 Å². The van der Waals surface area contributed by atoms with Crippen LogP contribution in [-0.2, 0) is 0 Å². The minimum atomic E-state index is -0.662. The molecule has 4 aromatic carbocycles. The highest BCUT2D eigenvalue weighted by Crippen LogP contribution is 2.40. The zero-order chi connectivity index (χ0) is 34.2. The highest BCUT2D eigenvalue weighted by atomic mass is 35.5. The number of hydrogen-bond acceptors (Lipinski definition) is 9. The minimum Gasteiger partial charge on any atom is -0.494 e. The second-order valence-corrected chi connectivity index (χ2v) is 10.5. The van der Waals surface area contributed by atoms with E-state index in [0.717, 1.165) is 10.9 Å². The summed E-state index contributed by atoms with van der Waals surface area (Å²) in [6.07, 6.45) is 1.45. The van der Waals surface area contributed by atoms with Crippen LogP contribution in [0.2, 0.25) is 5.02 Å². The predicted molar refractivity (Wildman–Crippen MR) is 184 cm³/mol. The van der Waals surface area contributed by atoms with Crippen LogP contribution >= 0.6 is 11.6 Å². The van der Waals surface area contributed by atoms with E-state index in [9.17, 15) is 9.59 Å². The lowest BCUT2D eigenvalue weighted by atomic mass is 10.0. The van der Waals surface area contributed by atoms with E-state index in [1.165, 1.54) is 39.7 Å². The molecule has 48 heavy (non-hydrogen) atoms. The number of hydrogen-bond donors (Lipinski definition) is 2. The standard InChI is InChI=1S/C36H34ClN3O8/c1-6-46-23-13-14-27-25(19-23)32(24-10-8-9-11-26(24)37)33(39-27)35(41)40-38-20-21-12-15-28(29(16-21)47-7-2)48-36(42)22-17-30(43-3)34(45-5)31(18-22)44-4/h8-20,39H,6-7H2,1-5H3,(H,40,41). The number of aromatic amines is 1. The number of aromatic nitrogens is 1. The molecule has 1 amide bonds. The minimum absolute atomic E-state index is 0.183. The lowest BCUT2D eigenvalue weighted by Crippen LogP contribution is -2.19. The topological polar surface area (TPSA) is 130 Å². The molecular formula is C36H34ClN3O8. The molecule has 0 bridgehead atoms. The van der Waals surface area contributed by atoms with E-state index in [1.54, 1.807) is 31.2 Å². The number of amides is 1. The lowest BCUT2D eigenvalue weighted by molar-refractivity contribution is 0.0727. The Morgan fingerprint density at radius 3 is 2.23 bits per heavy atom. The Morgan fingerprint density at radius 1 is 0.833 bits per heavy atom. The van der Waals surface area contributed by atoms with Crippen LogP contribution in [0.15, 0.2) is 77.9 Å². The van der Waals surface area contributed by atoms with E-state index in [0.29, 0.717) is 63.7 Å². The summed E-state index contributed by atoms with van der Waals surface area (Å²) < 4.78 is 33.2. The van der Waals surface area contributed by atoms with E-state index in [1.807, 2.05) is 43.3 Å². The number of carbonyl (C=O) groups excluding carboxylic acids is 2. The first-order valence-electron chi connectivity index (χ1n) is 15.0. The van der Waals surface area contributed by atoms with Crippen molar-refractivity contribution in [3.05, 3.63) is 94.6 Å². The Balaban J connectivity index is 1.38. The number of rotatable bonds is 13. The molecule has 1 aromatic heterocycles. The maximum Gasteiger partial charge on any atom is 0.343 e. The molecule has 1 heterocycles. The fourth-order valence-corrected chi connectivity index (χ4v) is 5.31. The van der Waals surface area contributed by atoms with Gasteiger partial charge in [-0.15, -0.1) is 0 Å². The Hall–Kier alpha value is -5.68. The van der Waals surface area contributed by atoms with Gasteiger partial charge in [0.05, 0.1) is 46.3 Å². The van der Waals surface area contributed by atoms with Crippen LogP contribution < -0.4 is 33.8 Å². The number of nitrogens with zero attached hydrogens (tertiary/aromatic N) is 1. The number of benzene rings is 4. The molecule has 0 radical (unpaired) electrons. The van der Waals surface area contributed by atoms with Gasteiger partial charge < -0.3 is 33.4 Å². The molecule has 12 heteroatoms. The molecule has 0 unspecified atom stereocenters. The molecule has 0 aliphatic heterocycles. The van der Waals surface area contributed by atoms with Crippen molar-refractivity contribution >= 4 is 40.6 Å². The largest absolute Gasteiger partial charge is 0.494 e. The van der Waals surface area contributed by atoms with Crippen molar-refractivity contribution in [2.45, 2.75) is 13.8 Å². The zero-order valence-electron chi connectivity index (χ0n) is 27.0. The molecule has 0 spiro atoms. The van der Waals surface area contributed by atoms with Gasteiger partial charge in [0.25, 0.3) is 5.91 Å². The van der Waals surface area contributed by atoms with Crippen molar-refractivity contribution in [3.63, 3.8) is 0 Å². The molecule has 0 atom stereocenters. The van der Waals surface area contributed by atoms with Crippen molar-refractivity contribution < 1.29 is 38.0 Å². The van der Waals surface area contributed by atoms with Crippen LogP contribution in [0, 0.1) is 0 Å². The summed E-state index contributed by atoms with van der Waals surface area (Å²) in [7, 11) is 4.39. The van der Waals surface area contributed by atoms with Crippen molar-refractivity contribution in [3.8, 4) is 45.6 Å². The Labute approximate surface area is 282 Å². The van der Waals surface area contributed by atoms with Gasteiger partial charge in [-0.1, -0.05) is 29.8 Å². The van der Waals surface area contributed by atoms with Crippen molar-refractivity contribution in [1.29, 1.82) is 0 Å². The monoisotopic (exact) mass is 671 g/mol. The van der Waals surface area contributed by atoms with Gasteiger partial charge in [-0.2, -0.15) is 5.10 Å². The van der Waals surface area contributed by atoms with Gasteiger partial charge in [0.2, 0.25) is 5.75 Å². The Kier molecular flexibility index (Phi) is 10.7. The van der Waals surface area contributed by atoms with Crippen LogP contribution in [0.1, 0.15) is 40.3 Å². The number of methoxy groups -OCH3 is 3. The maximum absolute atomic E-state index is 13.5. The van der Waals surface area contributed by atoms with Gasteiger partial charge in [-0.05, 0) is 74.0 Å². The summed E-state index contributed by atoms with van der Waals surface area (Å²) in [4.78, 5) is 29.8. The molecule has 5 rings (SSSR count). The fraction of sp³-hybridized carbons (Fsp3) is 0.194. The van der Waals surface area contributed by atoms with Crippen molar-refractivity contribution in [1.82, 2.24) is 10.4 Å². The van der Waals surface area contributed by atoms with Crippen LogP contribution in [0.5, 0.6) is 34.5 Å². The van der Waals surface area contributed by atoms with Gasteiger partial charge in [0.15, 0.2) is 23.0 Å². The molecule has 0 saturated carbocycles. The zero-order valence-corrected chi connectivity index (χ0v) is 27.8. The molecule has 0 aliphatic carbocycles. The Morgan fingerprint density at radius 2 is 1.56 bits per heavy atom. The Bertz CT molecular complexity index is 1960. The number of halogens is 1. The fourth-order valence-electron chi connectivity index (χ4n) is 5.08. The smallest absolute Gasteiger partial charge is 0.343 e. The van der Waals surface area contributed by atoms with E-state index in [-0.39, 0.29) is 17.0 Å². The lowest BCUT2D eigenvalue weighted by Gasteiger charge is -2.15. The molecule has 248 valence electrons. The third kappa shape index (κ3) is 7.16. The van der Waals surface area contributed by atoms with Gasteiger partial charge in [0.1, 0.15) is 11.4 Å². The van der Waals surface area contributed by atoms with Crippen LogP contribution in [-0.4, -0.2) is 57.6 Å². The highest BCUT2D eigenvalue weighted by Gasteiger charge is 2.22. The molecule has 2 N–H and O–H groups in total. The van der Waals surface area contributed by atoms with Gasteiger partial charge in [-0.3, -0.25) is 4.79 Å². The SMILES string of the molecule is CCOc1ccc2[nH]c(C(=O)NN=Cc3ccc(OC(=O)c4cc(OC)c(OC)c(OC)c4)c(OCC)c3)c(-c3ccccc3Cl)c2c1. The first kappa shape index (κ1) is 33.7. The molecule has 11 nitrogen and oxygen atoms in total. The third-order valence-electron chi connectivity index (χ3n) is 7.20.